The first-order valence-corrected chi connectivity index (χ1v) is 9.48. The van der Waals surface area contributed by atoms with Crippen LogP contribution in [0.3, 0.4) is 0 Å². The van der Waals surface area contributed by atoms with Gasteiger partial charge in [-0.1, -0.05) is 6.07 Å². The second-order valence-corrected chi connectivity index (χ2v) is 7.48. The molecule has 2 heterocycles. The summed E-state index contributed by atoms with van der Waals surface area (Å²) in [7, 11) is 0. The Hall–Kier alpha value is -1.71. The van der Waals surface area contributed by atoms with Crippen LogP contribution in [0, 0.1) is 6.57 Å². The summed E-state index contributed by atoms with van der Waals surface area (Å²) in [5, 5.41) is 0. The standard InChI is InChI=1S/C18H22N2O3S/c1-18(2)17(22-11-24-4)16(20-9-5-6-15(20)21)13-10-12(19-3)7-8-14(13)23-18/h7-8,10,16-17H,5-6,9,11H2,1-2,4H3/t16-,17+/m1/s1. The molecule has 2 aliphatic heterocycles. The Bertz CT molecular complexity index is 683. The fraction of sp³-hybridized carbons (Fsp3) is 0.556. The molecular weight excluding hydrogens is 324 g/mol. The van der Waals surface area contributed by atoms with Crippen LogP contribution in [-0.4, -0.2) is 41.3 Å². The minimum absolute atomic E-state index is 0.148. The van der Waals surface area contributed by atoms with Gasteiger partial charge in [0, 0.05) is 18.5 Å². The van der Waals surface area contributed by atoms with Gasteiger partial charge in [-0.25, -0.2) is 4.85 Å². The van der Waals surface area contributed by atoms with Crippen LogP contribution < -0.4 is 4.74 Å². The topological polar surface area (TPSA) is 43.1 Å². The van der Waals surface area contributed by atoms with Gasteiger partial charge >= 0.3 is 0 Å². The molecule has 0 N–H and O–H groups in total. The molecule has 0 bridgehead atoms. The average molecular weight is 346 g/mol. The van der Waals surface area contributed by atoms with E-state index in [1.807, 2.05) is 37.1 Å². The van der Waals surface area contributed by atoms with E-state index in [0.717, 1.165) is 24.3 Å². The van der Waals surface area contributed by atoms with Crippen molar-refractivity contribution < 1.29 is 14.3 Å². The Kier molecular flexibility index (Phi) is 4.75. The Balaban J connectivity index is 2.10. The molecule has 2 aliphatic rings. The number of carbonyl (C=O) groups is 1. The normalized spacial score (nSPS) is 25.1. The van der Waals surface area contributed by atoms with E-state index < -0.39 is 5.60 Å². The van der Waals surface area contributed by atoms with E-state index in [4.69, 9.17) is 16.0 Å². The molecule has 1 amide bonds. The summed E-state index contributed by atoms with van der Waals surface area (Å²) >= 11 is 1.60. The molecule has 1 aromatic carbocycles. The smallest absolute Gasteiger partial charge is 0.223 e. The third kappa shape index (κ3) is 2.99. The number of carbonyl (C=O) groups excluding carboxylic acids is 1. The SMILES string of the molecule is [C-]#[N+]c1ccc2c(c1)[C@@H](N1CCCC1=O)[C@H](OCSC)C(C)(C)O2. The Morgan fingerprint density at radius 2 is 2.29 bits per heavy atom. The number of nitrogens with zero attached hydrogens (tertiary/aromatic N) is 2. The molecule has 0 unspecified atom stereocenters. The molecule has 0 aliphatic carbocycles. The average Bonchev–Trinajstić information content (AvgIpc) is 2.97. The number of fused-ring (bicyclic) bond motifs is 1. The summed E-state index contributed by atoms with van der Waals surface area (Å²) in [6, 6.07) is 5.22. The van der Waals surface area contributed by atoms with Crippen LogP contribution in [0.15, 0.2) is 18.2 Å². The number of hydrogen-bond donors (Lipinski definition) is 0. The zero-order chi connectivity index (χ0) is 17.3. The van der Waals surface area contributed by atoms with Crippen molar-refractivity contribution >= 4 is 23.4 Å². The Labute approximate surface area is 147 Å². The highest BCUT2D eigenvalue weighted by Crippen LogP contribution is 2.46. The molecule has 1 aromatic rings. The first-order chi connectivity index (χ1) is 11.5. The van der Waals surface area contributed by atoms with E-state index >= 15 is 0 Å². The van der Waals surface area contributed by atoms with E-state index in [-0.39, 0.29) is 18.1 Å². The van der Waals surface area contributed by atoms with Crippen LogP contribution in [0.25, 0.3) is 4.85 Å². The molecule has 24 heavy (non-hydrogen) atoms. The lowest BCUT2D eigenvalue weighted by molar-refractivity contribution is -0.144. The third-order valence-corrected chi connectivity index (χ3v) is 4.97. The number of thioether (sulfide) groups is 1. The monoisotopic (exact) mass is 346 g/mol. The lowest BCUT2D eigenvalue weighted by Crippen LogP contribution is -2.55. The van der Waals surface area contributed by atoms with E-state index in [9.17, 15) is 4.79 Å². The highest BCUT2D eigenvalue weighted by Gasteiger charge is 2.49. The number of rotatable bonds is 4. The molecule has 0 radical (unpaired) electrons. The van der Waals surface area contributed by atoms with Gasteiger partial charge in [-0.15, -0.1) is 11.8 Å². The zero-order valence-corrected chi connectivity index (χ0v) is 15.1. The lowest BCUT2D eigenvalue weighted by atomic mass is 9.85. The maximum absolute atomic E-state index is 12.4. The van der Waals surface area contributed by atoms with Gasteiger partial charge in [0.25, 0.3) is 0 Å². The van der Waals surface area contributed by atoms with E-state index in [0.29, 0.717) is 18.0 Å². The minimum atomic E-state index is -0.560. The zero-order valence-electron chi connectivity index (χ0n) is 14.2. The predicted octanol–water partition coefficient (Wildman–Crippen LogP) is 3.78. The maximum atomic E-state index is 12.4. The third-order valence-electron chi connectivity index (χ3n) is 4.60. The molecule has 1 fully saturated rings. The van der Waals surface area contributed by atoms with E-state index in [2.05, 4.69) is 4.85 Å². The summed E-state index contributed by atoms with van der Waals surface area (Å²) in [5.41, 5.74) is 0.872. The summed E-state index contributed by atoms with van der Waals surface area (Å²) in [6.45, 7) is 12.0. The summed E-state index contributed by atoms with van der Waals surface area (Å²) in [4.78, 5) is 17.9. The number of ether oxygens (including phenoxy) is 2. The maximum Gasteiger partial charge on any atom is 0.223 e. The van der Waals surface area contributed by atoms with E-state index in [1.54, 1.807) is 17.8 Å². The molecule has 2 atom stereocenters. The van der Waals surface area contributed by atoms with Crippen molar-refractivity contribution in [2.24, 2.45) is 0 Å². The van der Waals surface area contributed by atoms with E-state index in [1.165, 1.54) is 0 Å². The Morgan fingerprint density at radius 3 is 2.92 bits per heavy atom. The van der Waals surface area contributed by atoms with Crippen LogP contribution >= 0.6 is 11.8 Å². The van der Waals surface area contributed by atoms with Gasteiger partial charge in [-0.05, 0) is 38.7 Å². The molecule has 6 heteroatoms. The predicted molar refractivity (Wildman–Crippen MR) is 94.4 cm³/mol. The van der Waals surface area contributed by atoms with Crippen molar-refractivity contribution in [2.45, 2.75) is 44.4 Å². The summed E-state index contributed by atoms with van der Waals surface area (Å²) in [5.74, 6) is 1.42. The van der Waals surface area contributed by atoms with Crippen molar-refractivity contribution in [3.63, 3.8) is 0 Å². The molecule has 0 aromatic heterocycles. The molecule has 5 nitrogen and oxygen atoms in total. The second-order valence-electron chi connectivity index (χ2n) is 6.67. The van der Waals surface area contributed by atoms with Crippen LogP contribution in [-0.2, 0) is 9.53 Å². The lowest BCUT2D eigenvalue weighted by Gasteiger charge is -2.47. The molecular formula is C18H22N2O3S. The minimum Gasteiger partial charge on any atom is -0.485 e. The van der Waals surface area contributed by atoms with Crippen molar-refractivity contribution in [3.8, 4) is 5.75 Å². The number of benzene rings is 1. The van der Waals surface area contributed by atoms with Gasteiger partial charge in [0.2, 0.25) is 5.91 Å². The fourth-order valence-electron chi connectivity index (χ4n) is 3.54. The quantitative estimate of drug-likeness (QED) is 0.615. The summed E-state index contributed by atoms with van der Waals surface area (Å²) < 4.78 is 12.3. The van der Waals surface area contributed by atoms with Gasteiger partial charge < -0.3 is 14.4 Å². The van der Waals surface area contributed by atoms with Crippen LogP contribution in [0.2, 0.25) is 0 Å². The van der Waals surface area contributed by atoms with Crippen molar-refractivity contribution in [3.05, 3.63) is 35.2 Å². The van der Waals surface area contributed by atoms with Crippen LogP contribution in [0.1, 0.15) is 38.3 Å². The van der Waals surface area contributed by atoms with Gasteiger partial charge in [0.15, 0.2) is 5.69 Å². The number of amides is 1. The highest BCUT2D eigenvalue weighted by atomic mass is 32.2. The Morgan fingerprint density at radius 1 is 1.50 bits per heavy atom. The van der Waals surface area contributed by atoms with Crippen LogP contribution in [0.4, 0.5) is 5.69 Å². The molecule has 1 saturated heterocycles. The molecule has 0 saturated carbocycles. The van der Waals surface area contributed by atoms with Gasteiger partial charge in [-0.3, -0.25) is 4.79 Å². The van der Waals surface area contributed by atoms with Gasteiger partial charge in [0.1, 0.15) is 17.5 Å². The first kappa shape index (κ1) is 17.1. The van der Waals surface area contributed by atoms with Gasteiger partial charge in [0.05, 0.1) is 18.6 Å². The summed E-state index contributed by atoms with van der Waals surface area (Å²) in [6.07, 6.45) is 3.15. The van der Waals surface area contributed by atoms with Crippen LogP contribution in [0.5, 0.6) is 5.75 Å². The van der Waals surface area contributed by atoms with Crippen molar-refractivity contribution in [2.75, 3.05) is 18.7 Å². The largest absolute Gasteiger partial charge is 0.485 e. The molecule has 0 spiro atoms. The van der Waals surface area contributed by atoms with Gasteiger partial charge in [-0.2, -0.15) is 0 Å². The molecule has 3 rings (SSSR count). The fourth-order valence-corrected chi connectivity index (χ4v) is 3.82. The second kappa shape index (κ2) is 6.66. The number of hydrogen-bond acceptors (Lipinski definition) is 4. The highest BCUT2D eigenvalue weighted by molar-refractivity contribution is 7.98. The first-order valence-electron chi connectivity index (χ1n) is 8.08. The number of likely N-dealkylation sites (tertiary alicyclic amines) is 1. The van der Waals surface area contributed by atoms with Crippen molar-refractivity contribution in [1.82, 2.24) is 4.90 Å². The van der Waals surface area contributed by atoms with Crippen molar-refractivity contribution in [1.29, 1.82) is 0 Å². The molecule has 128 valence electrons.